The van der Waals surface area contributed by atoms with Crippen LogP contribution in [-0.4, -0.2) is 107 Å². The van der Waals surface area contributed by atoms with Crippen LogP contribution in [0.4, 0.5) is 0 Å². The lowest BCUT2D eigenvalue weighted by Gasteiger charge is -2.27. The van der Waals surface area contributed by atoms with E-state index in [4.69, 9.17) is 5.73 Å². The van der Waals surface area contributed by atoms with Gasteiger partial charge in [-0.2, -0.15) is 0 Å². The van der Waals surface area contributed by atoms with E-state index in [1.165, 1.54) is 24.3 Å². The van der Waals surface area contributed by atoms with Gasteiger partial charge in [-0.3, -0.25) is 43.2 Å². The fourth-order valence-corrected chi connectivity index (χ4v) is 5.50. The normalized spacial score (nSPS) is 22.4. The van der Waals surface area contributed by atoms with E-state index in [1.54, 1.807) is 44.2 Å². The third kappa shape index (κ3) is 14.8. The largest absolute Gasteiger partial charge is 0.508 e. The first-order valence-corrected chi connectivity index (χ1v) is 17.4. The fourth-order valence-electron chi connectivity index (χ4n) is 5.50. The molecule has 1 heterocycles. The van der Waals surface area contributed by atoms with Crippen molar-refractivity contribution in [2.75, 3.05) is 13.1 Å². The molecule has 0 aliphatic carbocycles. The quantitative estimate of drug-likeness (QED) is 0.118. The van der Waals surface area contributed by atoms with E-state index in [1.807, 2.05) is 0 Å². The van der Waals surface area contributed by atoms with Gasteiger partial charge in [-0.15, -0.1) is 0 Å². The minimum absolute atomic E-state index is 0.0827. The number of carbonyl (C=O) groups is 9. The molecule has 1 fully saturated rings. The van der Waals surface area contributed by atoms with Gasteiger partial charge >= 0.3 is 5.97 Å². The molecule has 0 aromatic heterocycles. The highest BCUT2D eigenvalue weighted by Gasteiger charge is 2.34. The lowest BCUT2D eigenvalue weighted by atomic mass is 10.0. The van der Waals surface area contributed by atoms with Crippen LogP contribution in [0.25, 0.3) is 0 Å². The van der Waals surface area contributed by atoms with Crippen molar-refractivity contribution in [3.05, 3.63) is 65.7 Å². The highest BCUT2D eigenvalue weighted by molar-refractivity contribution is 5.99. The molecule has 3 rings (SSSR count). The maximum Gasteiger partial charge on any atom is 0.305 e. The molecule has 1 aliphatic heterocycles. The Morgan fingerprint density at radius 1 is 0.618 bits per heavy atom. The second-order valence-electron chi connectivity index (χ2n) is 13.3. The molecule has 19 heteroatoms. The smallest absolute Gasteiger partial charge is 0.305 e. The first-order valence-electron chi connectivity index (χ1n) is 17.4. The van der Waals surface area contributed by atoms with Crippen LogP contribution in [-0.2, 0) is 56.0 Å². The van der Waals surface area contributed by atoms with Crippen molar-refractivity contribution in [2.24, 2.45) is 11.7 Å². The summed E-state index contributed by atoms with van der Waals surface area (Å²) < 4.78 is 0. The van der Waals surface area contributed by atoms with Crippen LogP contribution in [0.3, 0.4) is 0 Å². The van der Waals surface area contributed by atoms with Gasteiger partial charge in [-0.05, 0) is 35.6 Å². The van der Waals surface area contributed by atoms with Crippen molar-refractivity contribution in [2.45, 2.75) is 76.2 Å². The van der Waals surface area contributed by atoms with Gasteiger partial charge in [0.05, 0.1) is 25.9 Å². The molecule has 0 saturated carbocycles. The fraction of sp³-hybridized carbons (Fsp3) is 0.417. The van der Waals surface area contributed by atoms with Crippen LogP contribution in [0, 0.1) is 5.92 Å². The second-order valence-corrected chi connectivity index (χ2v) is 13.3. The van der Waals surface area contributed by atoms with E-state index in [0.29, 0.717) is 11.1 Å². The van der Waals surface area contributed by atoms with Crippen LogP contribution < -0.4 is 43.0 Å². The number of rotatable bonds is 10. The summed E-state index contributed by atoms with van der Waals surface area (Å²) in [6.07, 6.45) is -2.05. The van der Waals surface area contributed by atoms with Crippen molar-refractivity contribution < 1.29 is 53.4 Å². The van der Waals surface area contributed by atoms with Gasteiger partial charge in [-0.25, -0.2) is 0 Å². The zero-order chi connectivity index (χ0) is 40.7. The third-order valence-corrected chi connectivity index (χ3v) is 8.20. The Morgan fingerprint density at radius 3 is 1.64 bits per heavy atom. The molecule has 5 atom stereocenters. The highest BCUT2D eigenvalue weighted by atomic mass is 16.4. The number of carboxylic acid groups (broad SMARTS) is 1. The minimum Gasteiger partial charge on any atom is -0.508 e. The van der Waals surface area contributed by atoms with Crippen molar-refractivity contribution in [3.63, 3.8) is 0 Å². The zero-order valence-corrected chi connectivity index (χ0v) is 30.3. The average molecular weight is 767 g/mol. The molecule has 0 spiro atoms. The first-order chi connectivity index (χ1) is 26.0. The van der Waals surface area contributed by atoms with E-state index in [2.05, 4.69) is 37.2 Å². The number of primary amides is 1. The summed E-state index contributed by atoms with van der Waals surface area (Å²) in [5.74, 6) is -9.41. The van der Waals surface area contributed by atoms with Gasteiger partial charge in [-0.1, -0.05) is 56.3 Å². The number of aromatic hydroxyl groups is 1. The molecular formula is C36H46N8O11. The molecule has 296 valence electrons. The standard InChI is InChI=1S/C36H46N8O11/c1-19(2)12-23-32(51)39-17-29(47)38-18-30(48)40-24(13-20-6-4-3-5-7-20)33(52)44-27(16-31(49)50)36(55)43-26(15-28(37)46)35(54)42-25(34(53)41-23)14-21-8-10-22(45)11-9-21/h3-11,19,23-27,45H,12-18H2,1-2H3,(H2,37,46)(H,38,47)(H,39,51)(H,40,48)(H,41,53)(H,42,54)(H,43,55)(H,44,52)(H,49,50)/t23-,24-,25-,26-,27-/m0/s1. The lowest BCUT2D eigenvalue weighted by Crippen LogP contribution is -2.60. The third-order valence-electron chi connectivity index (χ3n) is 8.20. The summed E-state index contributed by atoms with van der Waals surface area (Å²) in [5, 5.41) is 36.1. The number of hydrogen-bond donors (Lipinski definition) is 10. The number of benzene rings is 2. The number of nitrogens with two attached hydrogens (primary N) is 1. The number of aliphatic carboxylic acids is 1. The number of nitrogens with one attached hydrogen (secondary N) is 7. The predicted octanol–water partition coefficient (Wildman–Crippen LogP) is -2.76. The molecule has 1 saturated heterocycles. The van der Waals surface area contributed by atoms with Gasteiger partial charge in [0.15, 0.2) is 0 Å². The Balaban J connectivity index is 2.05. The van der Waals surface area contributed by atoms with Crippen LogP contribution in [0.1, 0.15) is 44.2 Å². The van der Waals surface area contributed by atoms with Crippen LogP contribution in [0.2, 0.25) is 0 Å². The number of phenols is 1. The molecule has 11 N–H and O–H groups in total. The molecule has 19 nitrogen and oxygen atoms in total. The molecule has 0 unspecified atom stereocenters. The molecule has 0 bridgehead atoms. The topological polar surface area (TPSA) is 304 Å². The summed E-state index contributed by atoms with van der Waals surface area (Å²) in [6.45, 7) is 2.32. The SMILES string of the molecule is CC(C)C[C@@H]1NC(=O)[C@H](Cc2ccc(O)cc2)NC(=O)[C@H](CC(N)=O)NC(=O)[C@H](CC(=O)O)NC(=O)[C@H](Cc2ccccc2)NC(=O)CNC(=O)CNC1=O. The monoisotopic (exact) mass is 766 g/mol. The van der Waals surface area contributed by atoms with Crippen LogP contribution >= 0.6 is 0 Å². The number of phenolic OH excluding ortho intramolecular Hbond substituents is 1. The number of carbonyl (C=O) groups excluding carboxylic acids is 8. The first kappa shape index (κ1) is 42.9. The molecule has 8 amide bonds. The number of amides is 8. The van der Waals surface area contributed by atoms with E-state index in [-0.39, 0.29) is 30.9 Å². The summed E-state index contributed by atoms with van der Waals surface area (Å²) >= 11 is 0. The zero-order valence-electron chi connectivity index (χ0n) is 30.3. The Labute approximate surface area is 315 Å². The molecule has 2 aromatic carbocycles. The van der Waals surface area contributed by atoms with E-state index in [0.717, 1.165) is 0 Å². The highest BCUT2D eigenvalue weighted by Crippen LogP contribution is 2.13. The van der Waals surface area contributed by atoms with Crippen LogP contribution in [0.5, 0.6) is 5.75 Å². The Kier molecular flexibility index (Phi) is 16.1. The predicted molar refractivity (Wildman–Crippen MR) is 193 cm³/mol. The van der Waals surface area contributed by atoms with E-state index >= 15 is 0 Å². The lowest BCUT2D eigenvalue weighted by molar-refractivity contribution is -0.142. The van der Waals surface area contributed by atoms with Crippen molar-refractivity contribution in [1.82, 2.24) is 37.2 Å². The van der Waals surface area contributed by atoms with Gasteiger partial charge in [0.1, 0.15) is 36.0 Å². The molecule has 1 aliphatic rings. The Morgan fingerprint density at radius 2 is 1.09 bits per heavy atom. The maximum absolute atomic E-state index is 13.8. The van der Waals surface area contributed by atoms with Crippen molar-refractivity contribution in [3.8, 4) is 5.75 Å². The van der Waals surface area contributed by atoms with E-state index < -0.39 is 109 Å². The van der Waals surface area contributed by atoms with Crippen LogP contribution in [0.15, 0.2) is 54.6 Å². The molecule has 2 aromatic rings. The summed E-state index contributed by atoms with van der Waals surface area (Å²) in [6, 6.07) is 6.27. The summed E-state index contributed by atoms with van der Waals surface area (Å²) in [7, 11) is 0. The Hall–Kier alpha value is -6.53. The minimum atomic E-state index is -1.85. The average Bonchev–Trinajstić information content (AvgIpc) is 3.11. The van der Waals surface area contributed by atoms with Gasteiger partial charge in [0, 0.05) is 12.8 Å². The maximum atomic E-state index is 13.8. The summed E-state index contributed by atoms with van der Waals surface area (Å²) in [5.41, 5.74) is 6.39. The Bertz CT molecular complexity index is 1740. The van der Waals surface area contributed by atoms with Crippen molar-refractivity contribution >= 4 is 53.2 Å². The van der Waals surface area contributed by atoms with Crippen molar-refractivity contribution in [1.29, 1.82) is 0 Å². The van der Waals surface area contributed by atoms with Gasteiger partial charge in [0.2, 0.25) is 47.3 Å². The summed E-state index contributed by atoms with van der Waals surface area (Å²) in [4.78, 5) is 117. The molecule has 55 heavy (non-hydrogen) atoms. The molecule has 0 radical (unpaired) electrons. The second kappa shape index (κ2) is 20.6. The number of carboxylic acids is 1. The van der Waals surface area contributed by atoms with E-state index in [9.17, 15) is 53.4 Å². The van der Waals surface area contributed by atoms with Gasteiger partial charge < -0.3 is 53.2 Å². The van der Waals surface area contributed by atoms with Gasteiger partial charge in [0.25, 0.3) is 0 Å². The molecular weight excluding hydrogens is 720 g/mol. The number of hydrogen-bond acceptors (Lipinski definition) is 10.